The van der Waals surface area contributed by atoms with Crippen LogP contribution in [0.2, 0.25) is 0 Å². The quantitative estimate of drug-likeness (QED) is 0.353. The maximum absolute atomic E-state index is 5.65. The van der Waals surface area contributed by atoms with Gasteiger partial charge in [-0.2, -0.15) is 10.1 Å². The highest BCUT2D eigenvalue weighted by molar-refractivity contribution is 5.56. The van der Waals surface area contributed by atoms with E-state index in [-0.39, 0.29) is 0 Å². The fraction of sp³-hybridized carbons (Fsp3) is 0.167. The second-order valence-corrected chi connectivity index (χ2v) is 2.74. The number of hydrogen-bond donors (Lipinski definition) is 2. The molecule has 2 aliphatic rings. The number of fused-ring (bicyclic) bond motifs is 1. The molecule has 5 nitrogen and oxygen atoms in total. The summed E-state index contributed by atoms with van der Waals surface area (Å²) in [7, 11) is 1.92. The van der Waals surface area contributed by atoms with Crippen LogP contribution in [0, 0.1) is 0 Å². The fourth-order valence-electron chi connectivity index (χ4n) is 1.24. The first-order valence-corrected chi connectivity index (χ1v) is 3.29. The van der Waals surface area contributed by atoms with Gasteiger partial charge in [-0.3, -0.25) is 0 Å². The SMILES string of the molecule is C[N+]12C=NC(N)=C1C=CN2N. The van der Waals surface area contributed by atoms with Gasteiger partial charge in [0.1, 0.15) is 7.05 Å². The molecule has 0 saturated carbocycles. The maximum atomic E-state index is 5.65. The largest absolute Gasteiger partial charge is 0.378 e. The Labute approximate surface area is 64.4 Å². The first-order valence-electron chi connectivity index (χ1n) is 3.29. The summed E-state index contributed by atoms with van der Waals surface area (Å²) in [5.74, 6) is 6.19. The van der Waals surface area contributed by atoms with Gasteiger partial charge in [0, 0.05) is 6.08 Å². The van der Waals surface area contributed by atoms with Crippen LogP contribution in [0.15, 0.2) is 28.8 Å². The molecule has 0 aromatic heterocycles. The van der Waals surface area contributed by atoms with E-state index in [0.29, 0.717) is 10.4 Å². The molecule has 0 fully saturated rings. The minimum atomic E-state index is 0.353. The number of hydrogen-bond acceptors (Lipinski definition) is 4. The Morgan fingerprint density at radius 2 is 2.36 bits per heavy atom. The van der Waals surface area contributed by atoms with Crippen molar-refractivity contribution in [1.29, 1.82) is 0 Å². The van der Waals surface area contributed by atoms with Gasteiger partial charge in [0.25, 0.3) is 0 Å². The summed E-state index contributed by atoms with van der Waals surface area (Å²) >= 11 is 0. The maximum Gasteiger partial charge on any atom is 0.223 e. The van der Waals surface area contributed by atoms with E-state index < -0.39 is 0 Å². The van der Waals surface area contributed by atoms with Crippen molar-refractivity contribution in [3.8, 4) is 0 Å². The zero-order valence-electron chi connectivity index (χ0n) is 6.23. The van der Waals surface area contributed by atoms with Crippen molar-refractivity contribution in [2.75, 3.05) is 7.05 Å². The van der Waals surface area contributed by atoms with Gasteiger partial charge in [0.2, 0.25) is 12.0 Å². The van der Waals surface area contributed by atoms with Gasteiger partial charge in [0.15, 0.2) is 5.82 Å². The number of allylic oxidation sites excluding steroid dienone is 1. The molecule has 4 N–H and O–H groups in total. The van der Waals surface area contributed by atoms with Gasteiger partial charge in [-0.05, 0) is 0 Å². The third-order valence-corrected chi connectivity index (χ3v) is 2.04. The summed E-state index contributed by atoms with van der Waals surface area (Å²) < 4.78 is 0.353. The molecule has 0 saturated heterocycles. The Morgan fingerprint density at radius 3 is 3.00 bits per heavy atom. The molecule has 2 heterocycles. The van der Waals surface area contributed by atoms with Crippen molar-refractivity contribution in [3.63, 3.8) is 0 Å². The second-order valence-electron chi connectivity index (χ2n) is 2.74. The van der Waals surface area contributed by atoms with Crippen molar-refractivity contribution in [2.24, 2.45) is 16.6 Å². The number of aliphatic imine (C=N–C) groups is 1. The number of nitrogens with zero attached hydrogens (tertiary/aromatic N) is 3. The van der Waals surface area contributed by atoms with Crippen LogP contribution < -0.4 is 11.6 Å². The van der Waals surface area contributed by atoms with Crippen LogP contribution in [0.25, 0.3) is 0 Å². The van der Waals surface area contributed by atoms with E-state index >= 15 is 0 Å². The first-order chi connectivity index (χ1) is 5.14. The Hall–Kier alpha value is -1.33. The van der Waals surface area contributed by atoms with Crippen molar-refractivity contribution in [2.45, 2.75) is 0 Å². The molecule has 2 rings (SSSR count). The summed E-state index contributed by atoms with van der Waals surface area (Å²) in [6, 6.07) is 0. The lowest BCUT2D eigenvalue weighted by atomic mass is 10.4. The van der Waals surface area contributed by atoms with Crippen LogP contribution in [0.1, 0.15) is 0 Å². The van der Waals surface area contributed by atoms with Crippen molar-refractivity contribution in [3.05, 3.63) is 23.8 Å². The first kappa shape index (κ1) is 6.38. The summed E-state index contributed by atoms with van der Waals surface area (Å²) in [5, 5.41) is 1.54. The topological polar surface area (TPSA) is 67.6 Å². The molecule has 0 aliphatic carbocycles. The summed E-state index contributed by atoms with van der Waals surface area (Å²) in [5.41, 5.74) is 6.52. The Balaban J connectivity index is 2.54. The predicted octanol–water partition coefficient (Wildman–Crippen LogP) is -0.779. The van der Waals surface area contributed by atoms with Gasteiger partial charge in [0.05, 0.1) is 6.20 Å². The van der Waals surface area contributed by atoms with Crippen molar-refractivity contribution >= 4 is 6.34 Å². The normalized spacial score (nSPS) is 33.8. The lowest BCUT2D eigenvalue weighted by Gasteiger charge is -2.27. The van der Waals surface area contributed by atoms with E-state index in [1.165, 1.54) is 0 Å². The molecule has 0 aromatic carbocycles. The van der Waals surface area contributed by atoms with Crippen LogP contribution in [-0.2, 0) is 0 Å². The van der Waals surface area contributed by atoms with E-state index in [1.54, 1.807) is 17.7 Å². The smallest absolute Gasteiger partial charge is 0.223 e. The second kappa shape index (κ2) is 1.63. The lowest BCUT2D eigenvalue weighted by Crippen LogP contribution is -2.52. The van der Waals surface area contributed by atoms with Crippen molar-refractivity contribution in [1.82, 2.24) is 5.12 Å². The summed E-state index contributed by atoms with van der Waals surface area (Å²) in [4.78, 5) is 3.97. The van der Waals surface area contributed by atoms with E-state index in [1.807, 2.05) is 13.1 Å². The molecule has 0 spiro atoms. The highest BCUT2D eigenvalue weighted by Crippen LogP contribution is 2.28. The zero-order valence-corrected chi connectivity index (χ0v) is 6.23. The molecule has 0 bridgehead atoms. The van der Waals surface area contributed by atoms with Gasteiger partial charge >= 0.3 is 0 Å². The van der Waals surface area contributed by atoms with Crippen LogP contribution in [-0.4, -0.2) is 23.1 Å². The number of nitrogens with two attached hydrogens (primary N) is 2. The van der Waals surface area contributed by atoms with Gasteiger partial charge in [-0.15, -0.1) is 4.59 Å². The highest BCUT2D eigenvalue weighted by atomic mass is 15.9. The zero-order chi connectivity index (χ0) is 8.06. The van der Waals surface area contributed by atoms with Gasteiger partial charge in [-0.25, -0.2) is 5.84 Å². The van der Waals surface area contributed by atoms with E-state index in [4.69, 9.17) is 11.6 Å². The van der Waals surface area contributed by atoms with Gasteiger partial charge in [-0.1, -0.05) is 0 Å². The Bertz CT molecular complexity index is 289. The lowest BCUT2D eigenvalue weighted by molar-refractivity contribution is -0.884. The third kappa shape index (κ3) is 0.585. The summed E-state index contributed by atoms with van der Waals surface area (Å²) in [6.07, 6.45) is 5.33. The molecule has 5 heteroatoms. The fourth-order valence-corrected chi connectivity index (χ4v) is 1.24. The summed E-state index contributed by atoms with van der Waals surface area (Å²) in [6.45, 7) is 0. The Kier molecular flexibility index (Phi) is 0.948. The predicted molar refractivity (Wildman–Crippen MR) is 41.1 cm³/mol. The number of rotatable bonds is 0. The van der Waals surface area contributed by atoms with E-state index in [2.05, 4.69) is 4.99 Å². The molecule has 0 radical (unpaired) electrons. The number of likely N-dealkylation sites (N-methyl/N-ethyl adjacent to an activating group) is 1. The standard InChI is InChI=1S/C6H10N5/c1-11-4-9-6(7)5(11)2-3-10(11)8/h2-4H,7-8H2,1H3/q+1. The molecule has 1 atom stereocenters. The average molecular weight is 152 g/mol. The Morgan fingerprint density at radius 1 is 1.64 bits per heavy atom. The molecular weight excluding hydrogens is 142 g/mol. The average Bonchev–Trinajstić information content (AvgIpc) is 2.39. The minimum absolute atomic E-state index is 0.353. The molecule has 0 aromatic rings. The third-order valence-electron chi connectivity index (χ3n) is 2.04. The van der Waals surface area contributed by atoms with Gasteiger partial charge < -0.3 is 5.73 Å². The monoisotopic (exact) mass is 152 g/mol. The minimum Gasteiger partial charge on any atom is -0.378 e. The van der Waals surface area contributed by atoms with Crippen LogP contribution in [0.4, 0.5) is 0 Å². The van der Waals surface area contributed by atoms with E-state index in [9.17, 15) is 0 Å². The van der Waals surface area contributed by atoms with Crippen LogP contribution >= 0.6 is 0 Å². The highest BCUT2D eigenvalue weighted by Gasteiger charge is 2.40. The molecule has 58 valence electrons. The van der Waals surface area contributed by atoms with Crippen LogP contribution in [0.5, 0.6) is 0 Å². The number of quaternary nitrogens is 1. The van der Waals surface area contributed by atoms with Crippen LogP contribution in [0.3, 0.4) is 0 Å². The molecule has 11 heavy (non-hydrogen) atoms. The van der Waals surface area contributed by atoms with Crippen molar-refractivity contribution < 1.29 is 4.59 Å². The number of hydrazine groups is 1. The molecule has 2 aliphatic heterocycles. The molecule has 0 amide bonds. The molecular formula is C6H10N5+. The molecule has 1 unspecified atom stereocenters. The van der Waals surface area contributed by atoms with E-state index in [0.717, 1.165) is 5.70 Å².